The Kier molecular flexibility index (Phi) is 8.68. The zero-order chi connectivity index (χ0) is 19.9. The number of rotatable bonds is 8. The number of aliphatic hydroxyl groups is 1. The lowest BCUT2D eigenvalue weighted by atomic mass is 9.84. The summed E-state index contributed by atoms with van der Waals surface area (Å²) in [5, 5.41) is 9.64. The van der Waals surface area contributed by atoms with E-state index in [-0.39, 0.29) is 12.2 Å². The Morgan fingerprint density at radius 1 is 1.07 bits per heavy atom. The van der Waals surface area contributed by atoms with Crippen LogP contribution in [0.4, 0.5) is 0 Å². The van der Waals surface area contributed by atoms with Gasteiger partial charge in [0.25, 0.3) is 0 Å². The summed E-state index contributed by atoms with van der Waals surface area (Å²) in [5.41, 5.74) is 1.39. The number of aliphatic hydroxyl groups excluding tert-OH is 1. The lowest BCUT2D eigenvalue weighted by molar-refractivity contribution is 0.103. The average molecular weight is 452 g/mol. The summed E-state index contributed by atoms with van der Waals surface area (Å²) in [6.45, 7) is 7.90. The first-order valence-electron chi connectivity index (χ1n) is 11.3. The zero-order valence-electron chi connectivity index (χ0n) is 17.7. The predicted molar refractivity (Wildman–Crippen MR) is 120 cm³/mol. The van der Waals surface area contributed by atoms with Crippen LogP contribution in [0.2, 0.25) is 0 Å². The highest BCUT2D eigenvalue weighted by atomic mass is 79.9. The Morgan fingerprint density at radius 2 is 1.79 bits per heavy atom. The van der Waals surface area contributed by atoms with Gasteiger partial charge in [0.05, 0.1) is 12.2 Å². The fourth-order valence-electron chi connectivity index (χ4n) is 4.82. The zero-order valence-corrected chi connectivity index (χ0v) is 19.3. The van der Waals surface area contributed by atoms with E-state index in [9.17, 15) is 5.11 Å². The van der Waals surface area contributed by atoms with Crippen molar-refractivity contribution in [3.63, 3.8) is 0 Å². The van der Waals surface area contributed by atoms with E-state index in [0.717, 1.165) is 36.8 Å². The fraction of sp³-hybridized carbons (Fsp3) is 0.750. The molecule has 0 aromatic heterocycles. The smallest absolute Gasteiger partial charge is 0.120 e. The number of hydrogen-bond donors (Lipinski definition) is 1. The fourth-order valence-corrected chi connectivity index (χ4v) is 5.22. The van der Waals surface area contributed by atoms with Crippen molar-refractivity contribution in [3.8, 4) is 5.75 Å². The van der Waals surface area contributed by atoms with Crippen LogP contribution in [0, 0.1) is 11.8 Å². The highest BCUT2D eigenvalue weighted by Crippen LogP contribution is 2.30. The van der Waals surface area contributed by atoms with Crippen LogP contribution in [0.15, 0.2) is 22.7 Å². The first-order chi connectivity index (χ1) is 13.5. The molecule has 2 aliphatic rings. The third-order valence-corrected chi connectivity index (χ3v) is 7.28. The predicted octanol–water partition coefficient (Wildman–Crippen LogP) is 5.82. The molecule has 1 saturated heterocycles. The van der Waals surface area contributed by atoms with Crippen molar-refractivity contribution in [2.24, 2.45) is 11.8 Å². The first-order valence-corrected chi connectivity index (χ1v) is 12.1. The van der Waals surface area contributed by atoms with Crippen molar-refractivity contribution in [1.82, 2.24) is 4.90 Å². The van der Waals surface area contributed by atoms with Gasteiger partial charge in [0.2, 0.25) is 0 Å². The summed E-state index contributed by atoms with van der Waals surface area (Å²) in [6, 6.07) is 6.41. The molecule has 3 rings (SSSR count). The summed E-state index contributed by atoms with van der Waals surface area (Å²) in [6.07, 6.45) is 11.1. The topological polar surface area (TPSA) is 32.7 Å². The molecule has 0 radical (unpaired) electrons. The third kappa shape index (κ3) is 7.03. The molecule has 0 amide bonds. The molecule has 1 aliphatic carbocycles. The molecule has 0 atom stereocenters. The van der Waals surface area contributed by atoms with E-state index in [1.54, 1.807) is 0 Å². The van der Waals surface area contributed by atoms with Gasteiger partial charge >= 0.3 is 0 Å². The van der Waals surface area contributed by atoms with Gasteiger partial charge in [0, 0.05) is 4.47 Å². The van der Waals surface area contributed by atoms with Gasteiger partial charge in [-0.15, -0.1) is 0 Å². The number of likely N-dealkylation sites (tertiary alicyclic amines) is 1. The lowest BCUT2D eigenvalue weighted by Gasteiger charge is -2.33. The number of hydrogen-bond acceptors (Lipinski definition) is 3. The van der Waals surface area contributed by atoms with Crippen LogP contribution in [-0.4, -0.2) is 41.8 Å². The number of halogens is 1. The molecule has 0 spiro atoms. The number of benzene rings is 1. The van der Waals surface area contributed by atoms with Crippen molar-refractivity contribution >= 4 is 15.9 Å². The second kappa shape index (κ2) is 11.0. The number of nitrogens with zero attached hydrogens (tertiary/aromatic N) is 1. The monoisotopic (exact) mass is 451 g/mol. The molecule has 0 unspecified atom stereocenters. The summed E-state index contributed by atoms with van der Waals surface area (Å²) >= 11 is 3.73. The minimum absolute atomic E-state index is 0.0204. The maximum atomic E-state index is 9.64. The number of ether oxygens (including phenoxy) is 1. The van der Waals surface area contributed by atoms with E-state index in [4.69, 9.17) is 4.74 Å². The molecule has 2 fully saturated rings. The highest BCUT2D eigenvalue weighted by molar-refractivity contribution is 9.10. The lowest BCUT2D eigenvalue weighted by Crippen LogP contribution is -2.35. The van der Waals surface area contributed by atoms with Crippen molar-refractivity contribution in [2.45, 2.75) is 83.8 Å². The first kappa shape index (κ1) is 22.1. The van der Waals surface area contributed by atoms with E-state index in [1.165, 1.54) is 68.2 Å². The van der Waals surface area contributed by atoms with E-state index in [2.05, 4.69) is 52.9 Å². The van der Waals surface area contributed by atoms with Gasteiger partial charge in [-0.2, -0.15) is 0 Å². The Hall–Kier alpha value is -0.580. The van der Waals surface area contributed by atoms with Crippen LogP contribution in [0.1, 0.15) is 70.8 Å². The highest BCUT2D eigenvalue weighted by Gasteiger charge is 2.22. The molecule has 1 N–H and O–H groups in total. The van der Waals surface area contributed by atoms with Crippen molar-refractivity contribution in [3.05, 3.63) is 28.2 Å². The molecule has 4 heteroatoms. The van der Waals surface area contributed by atoms with Gasteiger partial charge in [-0.3, -0.25) is 0 Å². The average Bonchev–Trinajstić information content (AvgIpc) is 2.67. The van der Waals surface area contributed by atoms with Gasteiger partial charge in [-0.25, -0.2) is 0 Å². The van der Waals surface area contributed by atoms with Crippen LogP contribution in [-0.2, 0) is 6.42 Å². The van der Waals surface area contributed by atoms with Crippen molar-refractivity contribution in [2.75, 3.05) is 19.6 Å². The largest absolute Gasteiger partial charge is 0.491 e. The normalized spacial score (nSPS) is 24.6. The van der Waals surface area contributed by atoms with Crippen LogP contribution in [0.25, 0.3) is 0 Å². The molecule has 28 heavy (non-hydrogen) atoms. The van der Waals surface area contributed by atoms with Gasteiger partial charge in [-0.1, -0.05) is 15.9 Å². The summed E-state index contributed by atoms with van der Waals surface area (Å²) in [7, 11) is 0. The minimum atomic E-state index is -0.0204. The minimum Gasteiger partial charge on any atom is -0.491 e. The molecule has 1 aliphatic heterocycles. The van der Waals surface area contributed by atoms with Crippen LogP contribution < -0.4 is 4.74 Å². The molecular formula is C24H38BrNO2. The molecule has 1 heterocycles. The maximum absolute atomic E-state index is 9.64. The van der Waals surface area contributed by atoms with Gasteiger partial charge < -0.3 is 14.7 Å². The van der Waals surface area contributed by atoms with Gasteiger partial charge in [-0.05, 0) is 127 Å². The molecule has 1 saturated carbocycles. The molecule has 1 aromatic rings. The van der Waals surface area contributed by atoms with E-state index >= 15 is 0 Å². The molecule has 158 valence electrons. The standard InChI is InChI=1S/C24H38BrNO2/c1-18(2)28-23-9-10-24(25)21(17-23)16-20-11-14-26(15-12-20)13-3-4-19-5-7-22(27)8-6-19/h9-10,17-20,22,27H,3-8,11-16H2,1-2H3. The second-order valence-corrected chi connectivity index (χ2v) is 10.1. The van der Waals surface area contributed by atoms with Gasteiger partial charge in [0.1, 0.15) is 5.75 Å². The molecular weight excluding hydrogens is 414 g/mol. The van der Waals surface area contributed by atoms with Crippen molar-refractivity contribution < 1.29 is 9.84 Å². The quantitative estimate of drug-likeness (QED) is 0.539. The molecule has 3 nitrogen and oxygen atoms in total. The number of piperidine rings is 1. The Morgan fingerprint density at radius 3 is 2.46 bits per heavy atom. The Bertz CT molecular complexity index is 590. The summed E-state index contributed by atoms with van der Waals surface area (Å²) in [4.78, 5) is 2.67. The van der Waals surface area contributed by atoms with E-state index < -0.39 is 0 Å². The SMILES string of the molecule is CC(C)Oc1ccc(Br)c(CC2CCN(CCCC3CCC(O)CC3)CC2)c1. The van der Waals surface area contributed by atoms with E-state index in [1.807, 2.05) is 0 Å². The molecule has 0 bridgehead atoms. The van der Waals surface area contributed by atoms with Crippen LogP contribution in [0.5, 0.6) is 5.75 Å². The summed E-state index contributed by atoms with van der Waals surface area (Å²) < 4.78 is 7.08. The Balaban J connectivity index is 1.37. The second-order valence-electron chi connectivity index (χ2n) is 9.23. The third-order valence-electron chi connectivity index (χ3n) is 6.51. The summed E-state index contributed by atoms with van der Waals surface area (Å²) in [5.74, 6) is 2.63. The van der Waals surface area contributed by atoms with E-state index in [0.29, 0.717) is 0 Å². The van der Waals surface area contributed by atoms with Crippen LogP contribution in [0.3, 0.4) is 0 Å². The maximum Gasteiger partial charge on any atom is 0.120 e. The Labute approximate surface area is 180 Å². The molecule has 1 aromatic carbocycles. The van der Waals surface area contributed by atoms with Gasteiger partial charge in [0.15, 0.2) is 0 Å². The van der Waals surface area contributed by atoms with Crippen LogP contribution >= 0.6 is 15.9 Å². The van der Waals surface area contributed by atoms with Crippen molar-refractivity contribution in [1.29, 1.82) is 0 Å².